The summed E-state index contributed by atoms with van der Waals surface area (Å²) in [7, 11) is -3.19. The number of benzene rings is 1. The molecule has 1 amide bonds. The lowest BCUT2D eigenvalue weighted by Crippen LogP contribution is -2.30. The number of rotatable bonds is 3. The van der Waals surface area contributed by atoms with E-state index in [1.807, 2.05) is 0 Å². The molecule has 7 nitrogen and oxygen atoms in total. The van der Waals surface area contributed by atoms with Gasteiger partial charge in [0.15, 0.2) is 21.5 Å². The first-order chi connectivity index (χ1) is 11.8. The average Bonchev–Trinajstić information content (AvgIpc) is 2.82. The molecule has 2 fully saturated rings. The van der Waals surface area contributed by atoms with Crippen LogP contribution in [0.4, 0.5) is 25.0 Å². The highest BCUT2D eigenvalue weighted by molar-refractivity contribution is 7.91. The van der Waals surface area contributed by atoms with Crippen LogP contribution in [-0.2, 0) is 14.6 Å². The highest BCUT2D eigenvalue weighted by Crippen LogP contribution is 2.31. The molecule has 2 heterocycles. The largest absolute Gasteiger partial charge is 0.443 e. The van der Waals surface area contributed by atoms with Crippen LogP contribution in [0.1, 0.15) is 6.42 Å². The minimum atomic E-state index is -3.19. The highest BCUT2D eigenvalue weighted by Gasteiger charge is 2.33. The Balaban J connectivity index is 1.87. The lowest BCUT2D eigenvalue weighted by Gasteiger charge is -2.24. The van der Waals surface area contributed by atoms with Crippen LogP contribution in [0.3, 0.4) is 0 Å². The van der Waals surface area contributed by atoms with Gasteiger partial charge >= 0.3 is 6.09 Å². The van der Waals surface area contributed by atoms with E-state index in [1.165, 1.54) is 4.90 Å². The van der Waals surface area contributed by atoms with Crippen molar-refractivity contribution in [2.75, 3.05) is 47.5 Å². The third-order valence-corrected chi connectivity index (χ3v) is 6.04. The smallest absolute Gasteiger partial charge is 0.414 e. The summed E-state index contributed by atoms with van der Waals surface area (Å²) in [6.45, 7) is 0.507. The molecular weight excluding hydrogens is 356 g/mol. The molecule has 2 aliphatic rings. The molecule has 3 rings (SSSR count). The molecule has 2 N–H and O–H groups in total. The van der Waals surface area contributed by atoms with Gasteiger partial charge in [-0.05, 0) is 6.42 Å². The van der Waals surface area contributed by atoms with Crippen LogP contribution in [0.5, 0.6) is 0 Å². The fourth-order valence-corrected chi connectivity index (χ4v) is 4.30. The Morgan fingerprint density at radius 1 is 1.20 bits per heavy atom. The summed E-state index contributed by atoms with van der Waals surface area (Å²) in [5.74, 6) is -1.84. The van der Waals surface area contributed by atoms with E-state index in [1.54, 1.807) is 0 Å². The number of nitrogens with two attached hydrogens (primary N) is 1. The molecule has 1 atom stereocenters. The topological polar surface area (TPSA) is 92.9 Å². The summed E-state index contributed by atoms with van der Waals surface area (Å²) in [5.41, 5.74) is 5.22. The second-order valence-electron chi connectivity index (χ2n) is 6.10. The second-order valence-corrected chi connectivity index (χ2v) is 8.41. The maximum atomic E-state index is 14.5. The number of sulfone groups is 1. The highest BCUT2D eigenvalue weighted by atomic mass is 32.2. The van der Waals surface area contributed by atoms with E-state index in [4.69, 9.17) is 10.5 Å². The molecule has 2 aliphatic heterocycles. The Morgan fingerprint density at radius 3 is 2.48 bits per heavy atom. The SMILES string of the molecule is NC[C@H]1CN(c2cc(F)c(N3CCCS(=O)(=O)CC3)c(F)c2)C(=O)O1. The molecule has 1 aromatic rings. The Hall–Kier alpha value is -1.94. The van der Waals surface area contributed by atoms with Crippen molar-refractivity contribution in [3.63, 3.8) is 0 Å². The molecule has 0 bridgehead atoms. The Morgan fingerprint density at radius 2 is 1.88 bits per heavy atom. The monoisotopic (exact) mass is 375 g/mol. The van der Waals surface area contributed by atoms with Crippen LogP contribution in [-0.4, -0.2) is 58.3 Å². The van der Waals surface area contributed by atoms with Crippen molar-refractivity contribution in [1.82, 2.24) is 0 Å². The van der Waals surface area contributed by atoms with E-state index in [0.29, 0.717) is 6.42 Å². The minimum Gasteiger partial charge on any atom is -0.443 e. The summed E-state index contributed by atoms with van der Waals surface area (Å²) in [6, 6.07) is 2.11. The van der Waals surface area contributed by atoms with Crippen LogP contribution in [0.2, 0.25) is 0 Å². The van der Waals surface area contributed by atoms with Crippen LogP contribution in [0.15, 0.2) is 12.1 Å². The van der Waals surface area contributed by atoms with Gasteiger partial charge in [0.2, 0.25) is 0 Å². The average molecular weight is 375 g/mol. The molecule has 0 aliphatic carbocycles. The zero-order chi connectivity index (χ0) is 18.2. The predicted octanol–water partition coefficient (Wildman–Crippen LogP) is 0.874. The third kappa shape index (κ3) is 3.69. The van der Waals surface area contributed by atoms with E-state index < -0.39 is 33.7 Å². The van der Waals surface area contributed by atoms with Crippen molar-refractivity contribution in [1.29, 1.82) is 0 Å². The van der Waals surface area contributed by atoms with Gasteiger partial charge < -0.3 is 15.4 Å². The van der Waals surface area contributed by atoms with Gasteiger partial charge in [0.05, 0.1) is 23.7 Å². The molecule has 10 heteroatoms. The molecule has 138 valence electrons. The van der Waals surface area contributed by atoms with Crippen molar-refractivity contribution < 1.29 is 26.7 Å². The van der Waals surface area contributed by atoms with Crippen LogP contribution in [0, 0.1) is 11.6 Å². The second kappa shape index (κ2) is 6.75. The maximum absolute atomic E-state index is 14.5. The number of hydrogen-bond acceptors (Lipinski definition) is 6. The molecular formula is C15H19F2N3O4S. The van der Waals surface area contributed by atoms with Gasteiger partial charge in [-0.1, -0.05) is 0 Å². The number of carbonyl (C=O) groups excluding carboxylic acids is 1. The number of halogens is 2. The Labute approximate surface area is 144 Å². The number of nitrogens with zero attached hydrogens (tertiary/aromatic N) is 2. The Kier molecular flexibility index (Phi) is 4.83. The van der Waals surface area contributed by atoms with E-state index in [-0.39, 0.29) is 49.1 Å². The number of amides is 1. The van der Waals surface area contributed by atoms with Crippen molar-refractivity contribution in [3.05, 3.63) is 23.8 Å². The third-order valence-electron chi connectivity index (χ3n) is 4.32. The van der Waals surface area contributed by atoms with E-state index >= 15 is 0 Å². The molecule has 0 aromatic heterocycles. The van der Waals surface area contributed by atoms with Gasteiger partial charge in [-0.15, -0.1) is 0 Å². The van der Waals surface area contributed by atoms with E-state index in [9.17, 15) is 22.0 Å². The van der Waals surface area contributed by atoms with Gasteiger partial charge in [-0.3, -0.25) is 4.90 Å². The van der Waals surface area contributed by atoms with Crippen molar-refractivity contribution in [2.24, 2.45) is 5.73 Å². The van der Waals surface area contributed by atoms with Crippen molar-refractivity contribution in [3.8, 4) is 0 Å². The first-order valence-electron chi connectivity index (χ1n) is 7.93. The van der Waals surface area contributed by atoms with Crippen molar-refractivity contribution in [2.45, 2.75) is 12.5 Å². The zero-order valence-electron chi connectivity index (χ0n) is 13.5. The molecule has 0 radical (unpaired) electrons. The first kappa shape index (κ1) is 17.9. The first-order valence-corrected chi connectivity index (χ1v) is 9.75. The number of carbonyl (C=O) groups is 1. The maximum Gasteiger partial charge on any atom is 0.414 e. The quantitative estimate of drug-likeness (QED) is 0.843. The molecule has 0 saturated carbocycles. The number of cyclic esters (lactones) is 1. The van der Waals surface area contributed by atoms with Crippen molar-refractivity contribution >= 4 is 27.3 Å². The van der Waals surface area contributed by atoms with E-state index in [0.717, 1.165) is 17.0 Å². The Bertz CT molecular complexity index is 764. The number of hydrogen-bond donors (Lipinski definition) is 1. The molecule has 1 aromatic carbocycles. The lowest BCUT2D eigenvalue weighted by molar-refractivity contribution is 0.145. The number of ether oxygens (including phenoxy) is 1. The fourth-order valence-electron chi connectivity index (χ4n) is 3.03. The van der Waals surface area contributed by atoms with E-state index in [2.05, 4.69) is 0 Å². The minimum absolute atomic E-state index is 0.00488. The molecule has 2 saturated heterocycles. The zero-order valence-corrected chi connectivity index (χ0v) is 14.3. The number of anilines is 2. The lowest BCUT2D eigenvalue weighted by atomic mass is 10.2. The standard InChI is InChI=1S/C15H19F2N3O4S/c16-12-6-10(20-9-11(8-18)24-15(20)21)7-13(17)14(12)19-2-1-4-25(22,23)5-3-19/h6-7,11H,1-5,8-9,18H2/t11-/m0/s1. The van der Waals surface area contributed by atoms with Gasteiger partial charge in [-0.2, -0.15) is 0 Å². The molecule has 25 heavy (non-hydrogen) atoms. The van der Waals surface area contributed by atoms with Gasteiger partial charge in [0, 0.05) is 31.8 Å². The van der Waals surface area contributed by atoms with Crippen LogP contribution >= 0.6 is 0 Å². The summed E-state index contributed by atoms with van der Waals surface area (Å²) in [5, 5.41) is 0. The van der Waals surface area contributed by atoms with Gasteiger partial charge in [-0.25, -0.2) is 22.0 Å². The summed E-state index contributed by atoms with van der Waals surface area (Å²) < 4.78 is 57.4. The molecule has 0 unspecified atom stereocenters. The van der Waals surface area contributed by atoms with Gasteiger partial charge in [0.25, 0.3) is 0 Å². The summed E-state index contributed by atoms with van der Waals surface area (Å²) >= 11 is 0. The predicted molar refractivity (Wildman–Crippen MR) is 88.5 cm³/mol. The van der Waals surface area contributed by atoms with Crippen LogP contribution < -0.4 is 15.5 Å². The normalized spacial score (nSPS) is 23.5. The van der Waals surface area contributed by atoms with Gasteiger partial charge in [0.1, 0.15) is 11.8 Å². The summed E-state index contributed by atoms with van der Waals surface area (Å²) in [6.07, 6.45) is -0.920. The van der Waals surface area contributed by atoms with Crippen LogP contribution in [0.25, 0.3) is 0 Å². The molecule has 0 spiro atoms. The summed E-state index contributed by atoms with van der Waals surface area (Å²) in [4.78, 5) is 14.3. The fraction of sp³-hybridized carbons (Fsp3) is 0.533.